The number of nitrogens with one attached hydrogen (secondary N) is 1. The maximum absolute atomic E-state index is 5.06. The van der Waals surface area contributed by atoms with Gasteiger partial charge in [-0.2, -0.15) is 0 Å². The van der Waals surface area contributed by atoms with E-state index >= 15 is 0 Å². The molecule has 2 atom stereocenters. The van der Waals surface area contributed by atoms with E-state index < -0.39 is 0 Å². The van der Waals surface area contributed by atoms with Crippen LogP contribution >= 0.6 is 0 Å². The van der Waals surface area contributed by atoms with Crippen LogP contribution in [0, 0.1) is 11.3 Å². The highest BCUT2D eigenvalue weighted by molar-refractivity contribution is 5.05. The highest BCUT2D eigenvalue weighted by Gasteiger charge is 2.36. The Hall–Kier alpha value is -0.760. The van der Waals surface area contributed by atoms with Gasteiger partial charge in [-0.05, 0) is 30.2 Å². The first-order chi connectivity index (χ1) is 7.07. The minimum absolute atomic E-state index is 0.507. The van der Waals surface area contributed by atoms with Crippen LogP contribution in [0.1, 0.15) is 39.2 Å². The second kappa shape index (κ2) is 4.01. The fourth-order valence-electron chi connectivity index (χ4n) is 2.81. The predicted molar refractivity (Wildman–Crippen MR) is 61.5 cm³/mol. The third-order valence-corrected chi connectivity index (χ3v) is 3.48. The largest absolute Gasteiger partial charge is 0.472 e. The topological polar surface area (TPSA) is 25.2 Å². The van der Waals surface area contributed by atoms with Crippen LogP contribution in [0.15, 0.2) is 23.0 Å². The molecule has 0 saturated heterocycles. The zero-order valence-electron chi connectivity index (χ0n) is 9.92. The van der Waals surface area contributed by atoms with Gasteiger partial charge in [0.2, 0.25) is 0 Å². The quantitative estimate of drug-likeness (QED) is 0.823. The van der Waals surface area contributed by atoms with E-state index in [1.54, 1.807) is 6.26 Å². The van der Waals surface area contributed by atoms with Crippen LogP contribution in [-0.2, 0) is 6.54 Å². The van der Waals surface area contributed by atoms with Crippen molar-refractivity contribution in [1.29, 1.82) is 0 Å². The third kappa shape index (κ3) is 2.63. The maximum atomic E-state index is 5.06. The molecule has 0 aliphatic heterocycles. The molecular formula is C13H21NO. The summed E-state index contributed by atoms with van der Waals surface area (Å²) in [4.78, 5) is 0. The van der Waals surface area contributed by atoms with Crippen molar-refractivity contribution in [1.82, 2.24) is 5.32 Å². The van der Waals surface area contributed by atoms with Crippen LogP contribution in [0.4, 0.5) is 0 Å². The molecule has 1 heterocycles. The zero-order valence-corrected chi connectivity index (χ0v) is 9.92. The average Bonchev–Trinajstić information content (AvgIpc) is 2.70. The lowest BCUT2D eigenvalue weighted by Crippen LogP contribution is -2.30. The Kier molecular flexibility index (Phi) is 2.87. The van der Waals surface area contributed by atoms with E-state index in [2.05, 4.69) is 26.1 Å². The molecule has 1 aliphatic carbocycles. The maximum Gasteiger partial charge on any atom is 0.0947 e. The summed E-state index contributed by atoms with van der Waals surface area (Å²) in [6, 6.07) is 2.69. The van der Waals surface area contributed by atoms with Crippen molar-refractivity contribution < 1.29 is 4.42 Å². The van der Waals surface area contributed by atoms with E-state index in [1.807, 2.05) is 12.3 Å². The van der Waals surface area contributed by atoms with Gasteiger partial charge in [-0.1, -0.05) is 20.8 Å². The zero-order chi connectivity index (χ0) is 10.9. The van der Waals surface area contributed by atoms with Crippen molar-refractivity contribution in [2.24, 2.45) is 11.3 Å². The molecule has 2 unspecified atom stereocenters. The number of hydrogen-bond acceptors (Lipinski definition) is 2. The van der Waals surface area contributed by atoms with Crippen molar-refractivity contribution in [2.75, 3.05) is 0 Å². The standard InChI is InChI=1S/C13H21NO/c1-10-6-13(2,3)7-12(10)14-8-11-4-5-15-9-11/h4-5,9-10,12,14H,6-8H2,1-3H3. The molecule has 2 nitrogen and oxygen atoms in total. The summed E-state index contributed by atoms with van der Waals surface area (Å²) >= 11 is 0. The molecule has 0 spiro atoms. The van der Waals surface area contributed by atoms with Crippen molar-refractivity contribution in [3.05, 3.63) is 24.2 Å². The molecule has 84 valence electrons. The van der Waals surface area contributed by atoms with Gasteiger partial charge in [-0.25, -0.2) is 0 Å². The van der Waals surface area contributed by atoms with E-state index in [0.29, 0.717) is 11.5 Å². The Balaban J connectivity index is 1.85. The third-order valence-electron chi connectivity index (χ3n) is 3.48. The summed E-state index contributed by atoms with van der Waals surface area (Å²) in [7, 11) is 0. The lowest BCUT2D eigenvalue weighted by molar-refractivity contribution is 0.362. The fraction of sp³-hybridized carbons (Fsp3) is 0.692. The normalized spacial score (nSPS) is 29.5. The molecule has 0 radical (unpaired) electrons. The molecule has 1 fully saturated rings. The fourth-order valence-corrected chi connectivity index (χ4v) is 2.81. The minimum Gasteiger partial charge on any atom is -0.472 e. The molecule has 15 heavy (non-hydrogen) atoms. The van der Waals surface area contributed by atoms with Crippen LogP contribution in [0.25, 0.3) is 0 Å². The molecule has 1 aromatic heterocycles. The summed E-state index contributed by atoms with van der Waals surface area (Å²) in [5.74, 6) is 0.784. The highest BCUT2D eigenvalue weighted by Crippen LogP contribution is 2.40. The smallest absolute Gasteiger partial charge is 0.0947 e. The van der Waals surface area contributed by atoms with Crippen molar-refractivity contribution in [3.8, 4) is 0 Å². The molecule has 0 amide bonds. The molecular weight excluding hydrogens is 186 g/mol. The van der Waals surface area contributed by atoms with E-state index in [-0.39, 0.29) is 0 Å². The Labute approximate surface area is 92.1 Å². The van der Waals surface area contributed by atoms with Crippen molar-refractivity contribution >= 4 is 0 Å². The number of rotatable bonds is 3. The van der Waals surface area contributed by atoms with Crippen molar-refractivity contribution in [2.45, 2.75) is 46.2 Å². The van der Waals surface area contributed by atoms with Gasteiger partial charge in [0, 0.05) is 18.2 Å². The van der Waals surface area contributed by atoms with Gasteiger partial charge in [-0.3, -0.25) is 0 Å². The van der Waals surface area contributed by atoms with Gasteiger partial charge in [0.25, 0.3) is 0 Å². The lowest BCUT2D eigenvalue weighted by atomic mass is 9.91. The van der Waals surface area contributed by atoms with Gasteiger partial charge in [0.05, 0.1) is 12.5 Å². The minimum atomic E-state index is 0.507. The SMILES string of the molecule is CC1CC(C)(C)CC1NCc1ccoc1. The molecule has 1 saturated carbocycles. The van der Waals surface area contributed by atoms with Gasteiger partial charge in [0.1, 0.15) is 0 Å². The van der Waals surface area contributed by atoms with Gasteiger partial charge in [0.15, 0.2) is 0 Å². The van der Waals surface area contributed by atoms with Gasteiger partial charge >= 0.3 is 0 Å². The molecule has 2 rings (SSSR count). The number of furan rings is 1. The summed E-state index contributed by atoms with van der Waals surface area (Å²) in [5.41, 5.74) is 1.75. The Bertz CT molecular complexity index is 302. The average molecular weight is 207 g/mol. The van der Waals surface area contributed by atoms with E-state index in [4.69, 9.17) is 4.42 Å². The van der Waals surface area contributed by atoms with Gasteiger partial charge < -0.3 is 9.73 Å². The first-order valence-corrected chi connectivity index (χ1v) is 5.81. The molecule has 0 bridgehead atoms. The lowest BCUT2D eigenvalue weighted by Gasteiger charge is -2.18. The van der Waals surface area contributed by atoms with E-state index in [1.165, 1.54) is 18.4 Å². The van der Waals surface area contributed by atoms with Crippen LogP contribution in [0.3, 0.4) is 0 Å². The van der Waals surface area contributed by atoms with E-state index in [0.717, 1.165) is 12.5 Å². The Morgan fingerprint density at radius 1 is 1.47 bits per heavy atom. The second-order valence-corrected chi connectivity index (χ2v) is 5.67. The monoisotopic (exact) mass is 207 g/mol. The van der Waals surface area contributed by atoms with Crippen LogP contribution < -0.4 is 5.32 Å². The van der Waals surface area contributed by atoms with Gasteiger partial charge in [-0.15, -0.1) is 0 Å². The molecule has 1 N–H and O–H groups in total. The summed E-state index contributed by atoms with van der Waals surface area (Å²) in [5, 5.41) is 3.63. The Morgan fingerprint density at radius 2 is 2.27 bits per heavy atom. The van der Waals surface area contributed by atoms with E-state index in [9.17, 15) is 0 Å². The summed E-state index contributed by atoms with van der Waals surface area (Å²) < 4.78 is 5.06. The van der Waals surface area contributed by atoms with Crippen LogP contribution in [0.5, 0.6) is 0 Å². The second-order valence-electron chi connectivity index (χ2n) is 5.67. The summed E-state index contributed by atoms with van der Waals surface area (Å²) in [6.07, 6.45) is 6.17. The molecule has 1 aromatic rings. The number of hydrogen-bond donors (Lipinski definition) is 1. The molecule has 2 heteroatoms. The predicted octanol–water partition coefficient (Wildman–Crippen LogP) is 3.19. The molecule has 1 aliphatic rings. The Morgan fingerprint density at radius 3 is 2.80 bits per heavy atom. The first-order valence-electron chi connectivity index (χ1n) is 5.81. The first kappa shape index (κ1) is 10.7. The molecule has 0 aromatic carbocycles. The summed E-state index contributed by atoms with van der Waals surface area (Å²) in [6.45, 7) is 8.01. The highest BCUT2D eigenvalue weighted by atomic mass is 16.3. The van der Waals surface area contributed by atoms with Crippen LogP contribution in [-0.4, -0.2) is 6.04 Å². The van der Waals surface area contributed by atoms with Crippen molar-refractivity contribution in [3.63, 3.8) is 0 Å². The van der Waals surface area contributed by atoms with Crippen LogP contribution in [0.2, 0.25) is 0 Å².